The fourth-order valence-electron chi connectivity index (χ4n) is 2.88. The van der Waals surface area contributed by atoms with Gasteiger partial charge in [0.1, 0.15) is 17.1 Å². The number of nitrogens with zero attached hydrogens (tertiary/aromatic N) is 3. The molecule has 1 amide bonds. The van der Waals surface area contributed by atoms with Crippen molar-refractivity contribution in [3.05, 3.63) is 46.9 Å². The summed E-state index contributed by atoms with van der Waals surface area (Å²) in [7, 11) is 0. The predicted molar refractivity (Wildman–Crippen MR) is 107 cm³/mol. The molecule has 0 bridgehead atoms. The van der Waals surface area contributed by atoms with Crippen molar-refractivity contribution in [2.45, 2.75) is 32.8 Å². The molecule has 8 heteroatoms. The number of anilines is 1. The van der Waals surface area contributed by atoms with Crippen molar-refractivity contribution in [1.29, 1.82) is 0 Å². The molecule has 0 radical (unpaired) electrons. The minimum atomic E-state index is -0.570. The number of carbonyl (C=O) groups is 1. The number of aromatic nitrogens is 2. The lowest BCUT2D eigenvalue weighted by Gasteiger charge is -2.30. The topological polar surface area (TPSA) is 81.3 Å². The van der Waals surface area contributed by atoms with Crippen LogP contribution in [0.25, 0.3) is 16.8 Å². The molecule has 0 saturated carbocycles. The van der Waals surface area contributed by atoms with Crippen LogP contribution in [-0.4, -0.2) is 39.9 Å². The monoisotopic (exact) mass is 404 g/mol. The Morgan fingerprint density at radius 2 is 2.04 bits per heavy atom. The van der Waals surface area contributed by atoms with E-state index in [2.05, 4.69) is 10.2 Å². The largest absolute Gasteiger partial charge is 0.444 e. The highest BCUT2D eigenvalue weighted by Gasteiger charge is 2.26. The average Bonchev–Trinajstić information content (AvgIpc) is 2.62. The van der Waals surface area contributed by atoms with Crippen molar-refractivity contribution in [2.24, 2.45) is 0 Å². The molecule has 0 saturated heterocycles. The zero-order valence-electron chi connectivity index (χ0n) is 16.0. The van der Waals surface area contributed by atoms with Crippen LogP contribution in [0.4, 0.5) is 14.9 Å². The van der Waals surface area contributed by atoms with Crippen LogP contribution in [0.3, 0.4) is 0 Å². The summed E-state index contributed by atoms with van der Waals surface area (Å²) >= 11 is 5.95. The number of carbonyl (C=O) groups excluding carboxylic acids is 1. The lowest BCUT2D eigenvalue weighted by molar-refractivity contribution is 0.0273. The number of benzene rings is 1. The molecule has 1 aromatic heterocycles. The van der Waals surface area contributed by atoms with Gasteiger partial charge in [0.2, 0.25) is 0 Å². The van der Waals surface area contributed by atoms with Gasteiger partial charge in [-0.05, 0) is 57.0 Å². The third-order valence-electron chi connectivity index (χ3n) is 4.13. The Labute approximate surface area is 168 Å². The molecule has 3 rings (SSSR count). The highest BCUT2D eigenvalue weighted by atomic mass is 35.5. The number of rotatable bonds is 2. The Hall–Kier alpha value is -2.67. The van der Waals surface area contributed by atoms with Crippen LogP contribution in [0.15, 0.2) is 30.3 Å². The summed E-state index contributed by atoms with van der Waals surface area (Å²) in [6.45, 7) is 6.34. The molecule has 148 valence electrons. The number of amides is 1. The van der Waals surface area contributed by atoms with Crippen LogP contribution in [0.5, 0.6) is 0 Å². The van der Waals surface area contributed by atoms with Crippen LogP contribution in [0, 0.1) is 5.82 Å². The third-order valence-corrected chi connectivity index (χ3v) is 4.37. The molecule has 2 heterocycles. The average molecular weight is 405 g/mol. The first-order chi connectivity index (χ1) is 13.1. The van der Waals surface area contributed by atoms with E-state index in [0.29, 0.717) is 41.6 Å². The predicted octanol–water partition coefficient (Wildman–Crippen LogP) is 4.54. The zero-order valence-corrected chi connectivity index (χ0v) is 16.8. The second kappa shape index (κ2) is 7.75. The zero-order chi connectivity index (χ0) is 20.5. The van der Waals surface area contributed by atoms with Gasteiger partial charge in [-0.2, -0.15) is 0 Å². The first-order valence-corrected chi connectivity index (χ1v) is 9.28. The standard InChI is InChI=1S/C20H22ClFN4O2/c1-20(2,3)28-19(27)26-8-4-5-12(11-26)18-16(23)10-17(24-25-18)14-9-13(21)6-7-15(14)22/h5-7,9-10H,4,8,11H2,1-3H3,(H2,23,24). The van der Waals surface area contributed by atoms with Crippen molar-refractivity contribution >= 4 is 29.0 Å². The van der Waals surface area contributed by atoms with Crippen molar-refractivity contribution in [3.8, 4) is 11.3 Å². The van der Waals surface area contributed by atoms with Crippen LogP contribution < -0.4 is 5.73 Å². The lowest BCUT2D eigenvalue weighted by atomic mass is 10.0. The number of ether oxygens (including phenoxy) is 1. The molecule has 6 nitrogen and oxygen atoms in total. The second-order valence-electron chi connectivity index (χ2n) is 7.58. The molecule has 0 spiro atoms. The smallest absolute Gasteiger partial charge is 0.410 e. The van der Waals surface area contributed by atoms with Crippen LogP contribution in [0.1, 0.15) is 32.9 Å². The van der Waals surface area contributed by atoms with Gasteiger partial charge in [-0.1, -0.05) is 17.7 Å². The summed E-state index contributed by atoms with van der Waals surface area (Å²) in [5.41, 5.74) is 7.72. The molecule has 1 aliphatic heterocycles. The highest BCUT2D eigenvalue weighted by molar-refractivity contribution is 6.30. The first kappa shape index (κ1) is 20.1. The summed E-state index contributed by atoms with van der Waals surface area (Å²) in [5, 5.41) is 8.69. The number of halogens is 2. The minimum absolute atomic E-state index is 0.228. The Bertz CT molecular complexity index is 940. The fraction of sp³-hybridized carbons (Fsp3) is 0.350. The van der Waals surface area contributed by atoms with Gasteiger partial charge in [0.15, 0.2) is 0 Å². The van der Waals surface area contributed by atoms with Gasteiger partial charge in [-0.25, -0.2) is 9.18 Å². The van der Waals surface area contributed by atoms with Gasteiger partial charge < -0.3 is 15.4 Å². The van der Waals surface area contributed by atoms with E-state index in [1.807, 2.05) is 26.8 Å². The Morgan fingerprint density at radius 3 is 2.71 bits per heavy atom. The number of hydrogen-bond acceptors (Lipinski definition) is 5. The van der Waals surface area contributed by atoms with Crippen molar-refractivity contribution in [2.75, 3.05) is 18.8 Å². The SMILES string of the molecule is CC(C)(C)OC(=O)N1CCC=C(c2nnc(-c3cc(Cl)ccc3F)cc2N)C1. The van der Waals surface area contributed by atoms with E-state index in [-0.39, 0.29) is 11.7 Å². The van der Waals surface area contributed by atoms with Crippen LogP contribution in [0.2, 0.25) is 5.02 Å². The molecule has 0 unspecified atom stereocenters. The van der Waals surface area contributed by atoms with Gasteiger partial charge >= 0.3 is 6.09 Å². The van der Waals surface area contributed by atoms with Crippen LogP contribution >= 0.6 is 11.6 Å². The molecule has 2 N–H and O–H groups in total. The van der Waals surface area contributed by atoms with E-state index in [1.54, 1.807) is 11.0 Å². The Balaban J connectivity index is 1.83. The summed E-state index contributed by atoms with van der Waals surface area (Å²) < 4.78 is 19.5. The summed E-state index contributed by atoms with van der Waals surface area (Å²) in [5.74, 6) is -0.459. The van der Waals surface area contributed by atoms with Crippen molar-refractivity contribution in [1.82, 2.24) is 15.1 Å². The van der Waals surface area contributed by atoms with Gasteiger partial charge in [0.05, 0.1) is 17.9 Å². The third kappa shape index (κ3) is 4.59. The molecule has 1 aromatic carbocycles. The molecule has 0 aliphatic carbocycles. The molecule has 2 aromatic rings. The maximum atomic E-state index is 14.1. The van der Waals surface area contributed by atoms with Crippen molar-refractivity contribution < 1.29 is 13.9 Å². The minimum Gasteiger partial charge on any atom is -0.444 e. The van der Waals surface area contributed by atoms with Gasteiger partial charge in [0, 0.05) is 17.1 Å². The maximum Gasteiger partial charge on any atom is 0.410 e. The van der Waals surface area contributed by atoms with Crippen LogP contribution in [-0.2, 0) is 4.74 Å². The van der Waals surface area contributed by atoms with Gasteiger partial charge in [0.25, 0.3) is 0 Å². The lowest BCUT2D eigenvalue weighted by Crippen LogP contribution is -2.39. The Morgan fingerprint density at radius 1 is 1.29 bits per heavy atom. The van der Waals surface area contributed by atoms with E-state index in [4.69, 9.17) is 22.1 Å². The molecular formula is C20H22ClFN4O2. The highest BCUT2D eigenvalue weighted by Crippen LogP contribution is 2.29. The molecular weight excluding hydrogens is 383 g/mol. The molecule has 0 atom stereocenters. The van der Waals surface area contributed by atoms with Gasteiger partial charge in [-0.3, -0.25) is 0 Å². The number of nitrogens with two attached hydrogens (primary N) is 1. The van der Waals surface area contributed by atoms with E-state index in [0.717, 1.165) is 5.57 Å². The van der Waals surface area contributed by atoms with E-state index < -0.39 is 11.4 Å². The van der Waals surface area contributed by atoms with E-state index >= 15 is 0 Å². The normalized spacial score (nSPS) is 14.6. The van der Waals surface area contributed by atoms with E-state index in [1.165, 1.54) is 18.2 Å². The summed E-state index contributed by atoms with van der Waals surface area (Å²) in [4.78, 5) is 13.9. The summed E-state index contributed by atoms with van der Waals surface area (Å²) in [6.07, 6.45) is 2.24. The Kier molecular flexibility index (Phi) is 5.56. The van der Waals surface area contributed by atoms with Crippen molar-refractivity contribution in [3.63, 3.8) is 0 Å². The second-order valence-corrected chi connectivity index (χ2v) is 8.01. The molecule has 0 fully saturated rings. The van der Waals surface area contributed by atoms with E-state index in [9.17, 15) is 9.18 Å². The molecule has 1 aliphatic rings. The summed E-state index contributed by atoms with van der Waals surface area (Å²) in [6, 6.07) is 5.77. The quantitative estimate of drug-likeness (QED) is 0.794. The number of nitrogen functional groups attached to an aromatic ring is 1. The molecule has 28 heavy (non-hydrogen) atoms. The number of hydrogen-bond donors (Lipinski definition) is 1. The fourth-order valence-corrected chi connectivity index (χ4v) is 3.05. The first-order valence-electron chi connectivity index (χ1n) is 8.90. The maximum absolute atomic E-state index is 14.1. The van der Waals surface area contributed by atoms with Gasteiger partial charge in [-0.15, -0.1) is 10.2 Å².